The average molecular weight is 350 g/mol. The molecule has 0 heterocycles. The molecule has 0 atom stereocenters. The van der Waals surface area contributed by atoms with Crippen molar-refractivity contribution in [3.8, 4) is 0 Å². The smallest absolute Gasteiger partial charge is 0.321 e. The van der Waals surface area contributed by atoms with Crippen molar-refractivity contribution < 1.29 is 19.2 Å². The Hall–Kier alpha value is -1.42. The molecule has 0 rings (SSSR count). The van der Waals surface area contributed by atoms with Gasteiger partial charge in [-0.2, -0.15) is 0 Å². The van der Waals surface area contributed by atoms with Gasteiger partial charge in [0, 0.05) is 13.1 Å². The predicted molar refractivity (Wildman–Crippen MR) is 88.6 cm³/mol. The van der Waals surface area contributed by atoms with Gasteiger partial charge in [0.2, 0.25) is 11.8 Å². The molecule has 126 valence electrons. The molecule has 6 amide bonds. The standard InChI is InChI=1S/C12H22N4O4S2/c1-3-5-13-11(19)15-9(17)7-21-22-8-10(18)16-12(20)14-6-4-2/h3-8H2,1-2H3,(H2,13,15,17,19)(H2,14,16,18,20). The first-order valence-electron chi connectivity index (χ1n) is 6.89. The number of amides is 6. The van der Waals surface area contributed by atoms with E-state index >= 15 is 0 Å². The van der Waals surface area contributed by atoms with E-state index in [2.05, 4.69) is 21.3 Å². The lowest BCUT2D eigenvalue weighted by Crippen LogP contribution is -2.41. The normalized spacial score (nSPS) is 9.73. The van der Waals surface area contributed by atoms with Crippen LogP contribution in [0.1, 0.15) is 26.7 Å². The number of carbonyl (C=O) groups is 4. The van der Waals surface area contributed by atoms with E-state index in [1.807, 2.05) is 13.8 Å². The first-order chi connectivity index (χ1) is 10.5. The molecule has 0 saturated heterocycles. The minimum Gasteiger partial charge on any atom is -0.338 e. The quantitative estimate of drug-likeness (QED) is 0.362. The summed E-state index contributed by atoms with van der Waals surface area (Å²) < 4.78 is 0. The highest BCUT2D eigenvalue weighted by Crippen LogP contribution is 2.19. The number of carbonyl (C=O) groups excluding carboxylic acids is 4. The Balaban J connectivity index is 3.66. The van der Waals surface area contributed by atoms with Gasteiger partial charge in [0.05, 0.1) is 11.5 Å². The second-order valence-electron chi connectivity index (χ2n) is 4.13. The molecule has 0 aliphatic rings. The van der Waals surface area contributed by atoms with Crippen LogP contribution in [0, 0.1) is 0 Å². The Morgan fingerprint density at radius 1 is 0.727 bits per heavy atom. The van der Waals surface area contributed by atoms with Gasteiger partial charge in [-0.3, -0.25) is 20.2 Å². The maximum absolute atomic E-state index is 11.4. The van der Waals surface area contributed by atoms with Crippen LogP contribution in [0.3, 0.4) is 0 Å². The molecule has 22 heavy (non-hydrogen) atoms. The molecule has 0 aromatic carbocycles. The van der Waals surface area contributed by atoms with Gasteiger partial charge in [0.1, 0.15) is 0 Å². The molecule has 0 spiro atoms. The molecular formula is C12H22N4O4S2. The third-order valence-corrected chi connectivity index (χ3v) is 4.17. The van der Waals surface area contributed by atoms with E-state index in [1.54, 1.807) is 0 Å². The van der Waals surface area contributed by atoms with E-state index in [1.165, 1.54) is 0 Å². The van der Waals surface area contributed by atoms with Crippen molar-refractivity contribution in [1.82, 2.24) is 21.3 Å². The summed E-state index contributed by atoms with van der Waals surface area (Å²) in [5, 5.41) is 9.37. The van der Waals surface area contributed by atoms with Crippen molar-refractivity contribution in [3.05, 3.63) is 0 Å². The van der Waals surface area contributed by atoms with Crippen molar-refractivity contribution >= 4 is 45.5 Å². The number of hydrogen-bond acceptors (Lipinski definition) is 6. The summed E-state index contributed by atoms with van der Waals surface area (Å²) >= 11 is 0. The van der Waals surface area contributed by atoms with Gasteiger partial charge < -0.3 is 10.6 Å². The molecule has 0 aliphatic heterocycles. The summed E-state index contributed by atoms with van der Waals surface area (Å²) in [6.07, 6.45) is 1.57. The lowest BCUT2D eigenvalue weighted by molar-refractivity contribution is -0.118. The highest BCUT2D eigenvalue weighted by molar-refractivity contribution is 8.77. The van der Waals surface area contributed by atoms with Gasteiger partial charge in [-0.05, 0) is 12.8 Å². The molecule has 0 radical (unpaired) electrons. The second kappa shape index (κ2) is 13.3. The van der Waals surface area contributed by atoms with Crippen LogP contribution in [0.5, 0.6) is 0 Å². The van der Waals surface area contributed by atoms with E-state index < -0.39 is 23.9 Å². The predicted octanol–water partition coefficient (Wildman–Crippen LogP) is 0.839. The van der Waals surface area contributed by atoms with Crippen molar-refractivity contribution in [3.63, 3.8) is 0 Å². The van der Waals surface area contributed by atoms with Crippen LogP contribution in [0.4, 0.5) is 9.59 Å². The molecular weight excluding hydrogens is 328 g/mol. The maximum Gasteiger partial charge on any atom is 0.321 e. The fourth-order valence-electron chi connectivity index (χ4n) is 1.08. The van der Waals surface area contributed by atoms with Crippen molar-refractivity contribution in [2.45, 2.75) is 26.7 Å². The summed E-state index contributed by atoms with van der Waals surface area (Å²) in [4.78, 5) is 45.2. The van der Waals surface area contributed by atoms with Crippen LogP contribution >= 0.6 is 21.6 Å². The monoisotopic (exact) mass is 350 g/mol. The zero-order chi connectivity index (χ0) is 16.8. The van der Waals surface area contributed by atoms with E-state index in [9.17, 15) is 19.2 Å². The second-order valence-corrected chi connectivity index (χ2v) is 6.60. The molecule has 0 bridgehead atoms. The van der Waals surface area contributed by atoms with Crippen LogP contribution in [-0.2, 0) is 9.59 Å². The van der Waals surface area contributed by atoms with E-state index in [0.717, 1.165) is 34.4 Å². The number of rotatable bonds is 9. The summed E-state index contributed by atoms with van der Waals surface area (Å²) in [5.41, 5.74) is 0. The molecule has 0 fully saturated rings. The Bertz CT molecular complexity index is 357. The van der Waals surface area contributed by atoms with Crippen LogP contribution in [0.2, 0.25) is 0 Å². The van der Waals surface area contributed by atoms with Gasteiger partial charge in [-0.15, -0.1) is 0 Å². The van der Waals surface area contributed by atoms with Gasteiger partial charge in [-0.25, -0.2) is 9.59 Å². The molecule has 0 aliphatic carbocycles. The first kappa shape index (κ1) is 20.6. The molecule has 8 nitrogen and oxygen atoms in total. The van der Waals surface area contributed by atoms with Crippen LogP contribution in [-0.4, -0.2) is 48.5 Å². The van der Waals surface area contributed by atoms with Crippen molar-refractivity contribution in [2.75, 3.05) is 24.6 Å². The number of hydrogen-bond donors (Lipinski definition) is 4. The van der Waals surface area contributed by atoms with Gasteiger partial charge in [0.15, 0.2) is 0 Å². The van der Waals surface area contributed by atoms with Gasteiger partial charge in [0.25, 0.3) is 0 Å². The summed E-state index contributed by atoms with van der Waals surface area (Å²) in [5.74, 6) is -0.793. The lowest BCUT2D eigenvalue weighted by Gasteiger charge is -2.06. The Morgan fingerprint density at radius 2 is 1.09 bits per heavy atom. The number of imide groups is 2. The van der Waals surface area contributed by atoms with Crippen LogP contribution in [0.25, 0.3) is 0 Å². The zero-order valence-electron chi connectivity index (χ0n) is 12.7. The van der Waals surface area contributed by atoms with Crippen molar-refractivity contribution in [2.24, 2.45) is 0 Å². The largest absolute Gasteiger partial charge is 0.338 e. The Labute approximate surface area is 137 Å². The third kappa shape index (κ3) is 12.3. The Kier molecular flexibility index (Phi) is 12.4. The molecule has 0 aromatic rings. The molecule has 0 unspecified atom stereocenters. The highest BCUT2D eigenvalue weighted by Gasteiger charge is 2.09. The van der Waals surface area contributed by atoms with Crippen molar-refractivity contribution in [1.29, 1.82) is 0 Å². The fourth-order valence-corrected chi connectivity index (χ4v) is 2.75. The number of nitrogens with one attached hydrogen (secondary N) is 4. The minimum atomic E-state index is -0.525. The number of urea groups is 2. The lowest BCUT2D eigenvalue weighted by atomic mass is 10.5. The Morgan fingerprint density at radius 3 is 1.41 bits per heavy atom. The third-order valence-electron chi connectivity index (χ3n) is 2.04. The first-order valence-corrected chi connectivity index (χ1v) is 9.38. The van der Waals surface area contributed by atoms with Gasteiger partial charge in [-0.1, -0.05) is 35.4 Å². The van der Waals surface area contributed by atoms with E-state index in [-0.39, 0.29) is 11.5 Å². The average Bonchev–Trinajstić information content (AvgIpc) is 2.47. The van der Waals surface area contributed by atoms with E-state index in [0.29, 0.717) is 13.1 Å². The highest BCUT2D eigenvalue weighted by atomic mass is 33.1. The van der Waals surface area contributed by atoms with E-state index in [4.69, 9.17) is 0 Å². The minimum absolute atomic E-state index is 0.0412. The zero-order valence-corrected chi connectivity index (χ0v) is 14.3. The molecule has 0 aromatic heterocycles. The molecule has 0 saturated carbocycles. The van der Waals surface area contributed by atoms with Crippen LogP contribution < -0.4 is 21.3 Å². The van der Waals surface area contributed by atoms with Crippen LogP contribution in [0.15, 0.2) is 0 Å². The molecule has 4 N–H and O–H groups in total. The fraction of sp³-hybridized carbons (Fsp3) is 0.667. The topological polar surface area (TPSA) is 116 Å². The summed E-state index contributed by atoms with van der Waals surface area (Å²) in [6, 6.07) is -1.05. The maximum atomic E-state index is 11.4. The summed E-state index contributed by atoms with van der Waals surface area (Å²) in [7, 11) is 2.27. The van der Waals surface area contributed by atoms with Gasteiger partial charge >= 0.3 is 12.1 Å². The molecule has 10 heteroatoms. The SMILES string of the molecule is CCCNC(=O)NC(=O)CSSCC(=O)NC(=O)NCCC. The summed E-state index contributed by atoms with van der Waals surface area (Å²) in [6.45, 7) is 4.81.